The lowest BCUT2D eigenvalue weighted by molar-refractivity contribution is -0.119. The van der Waals surface area contributed by atoms with E-state index < -0.39 is 5.41 Å². The van der Waals surface area contributed by atoms with Crippen molar-refractivity contribution in [2.75, 3.05) is 10.6 Å². The van der Waals surface area contributed by atoms with Gasteiger partial charge < -0.3 is 10.6 Å². The van der Waals surface area contributed by atoms with Crippen LogP contribution in [-0.4, -0.2) is 21.6 Å². The number of fused-ring (bicyclic) bond motifs is 1. The maximum absolute atomic E-state index is 12.4. The molecule has 126 valence electrons. The minimum atomic E-state index is -0.591. The van der Waals surface area contributed by atoms with E-state index in [0.717, 1.165) is 28.2 Å². The summed E-state index contributed by atoms with van der Waals surface area (Å²) in [6, 6.07) is 5.51. The number of aryl methyl sites for hydroxylation is 2. The SMILES string of the molecule is Cc1nn(C)c(C)c1CC(=O)Nc1ccc2c(c1)C(C)(C)C(=O)N2. The molecule has 2 aromatic rings. The molecular formula is C18H22N4O2. The first-order valence-electron chi connectivity index (χ1n) is 7.95. The van der Waals surface area contributed by atoms with Gasteiger partial charge in [0.1, 0.15) is 0 Å². The van der Waals surface area contributed by atoms with Gasteiger partial charge in [0.2, 0.25) is 11.8 Å². The summed E-state index contributed by atoms with van der Waals surface area (Å²) in [6.07, 6.45) is 0.281. The lowest BCUT2D eigenvalue weighted by atomic mass is 9.86. The Labute approximate surface area is 141 Å². The van der Waals surface area contributed by atoms with E-state index in [4.69, 9.17) is 0 Å². The normalized spacial score (nSPS) is 15.1. The predicted octanol–water partition coefficient (Wildman–Crippen LogP) is 2.45. The van der Waals surface area contributed by atoms with Crippen LogP contribution in [0.3, 0.4) is 0 Å². The third-order valence-electron chi connectivity index (χ3n) is 4.79. The number of amides is 2. The quantitative estimate of drug-likeness (QED) is 0.909. The fraction of sp³-hybridized carbons (Fsp3) is 0.389. The Hall–Kier alpha value is -2.63. The molecule has 0 atom stereocenters. The Morgan fingerprint density at radius 2 is 2.04 bits per heavy atom. The number of nitrogens with zero attached hydrogens (tertiary/aromatic N) is 2. The van der Waals surface area contributed by atoms with Crippen LogP contribution >= 0.6 is 0 Å². The van der Waals surface area contributed by atoms with Gasteiger partial charge in [-0.05, 0) is 51.5 Å². The highest BCUT2D eigenvalue weighted by Crippen LogP contribution is 2.38. The van der Waals surface area contributed by atoms with Crippen molar-refractivity contribution < 1.29 is 9.59 Å². The minimum Gasteiger partial charge on any atom is -0.326 e. The molecule has 1 aliphatic rings. The van der Waals surface area contributed by atoms with Gasteiger partial charge in [-0.3, -0.25) is 14.3 Å². The molecule has 0 bridgehead atoms. The van der Waals surface area contributed by atoms with Gasteiger partial charge in [0.05, 0.1) is 17.5 Å². The summed E-state index contributed by atoms with van der Waals surface area (Å²) in [5.41, 5.74) is 4.63. The molecule has 2 heterocycles. The molecule has 0 saturated heterocycles. The topological polar surface area (TPSA) is 76.0 Å². The van der Waals surface area contributed by atoms with Gasteiger partial charge in [-0.1, -0.05) is 0 Å². The molecule has 0 aliphatic carbocycles. The van der Waals surface area contributed by atoms with Crippen LogP contribution in [-0.2, 0) is 28.5 Å². The molecule has 0 unspecified atom stereocenters. The first-order valence-corrected chi connectivity index (χ1v) is 7.95. The number of aromatic nitrogens is 2. The summed E-state index contributed by atoms with van der Waals surface area (Å²) >= 11 is 0. The fourth-order valence-electron chi connectivity index (χ4n) is 3.09. The van der Waals surface area contributed by atoms with Crippen molar-refractivity contribution in [3.05, 3.63) is 40.7 Å². The van der Waals surface area contributed by atoms with Gasteiger partial charge in [0, 0.05) is 29.7 Å². The molecule has 2 N–H and O–H groups in total. The highest BCUT2D eigenvalue weighted by Gasteiger charge is 2.38. The van der Waals surface area contributed by atoms with Crippen LogP contribution in [0, 0.1) is 13.8 Å². The van der Waals surface area contributed by atoms with Crippen molar-refractivity contribution in [1.29, 1.82) is 0 Å². The van der Waals surface area contributed by atoms with Crippen LogP contribution in [0.5, 0.6) is 0 Å². The van der Waals surface area contributed by atoms with Crippen molar-refractivity contribution in [3.8, 4) is 0 Å². The number of anilines is 2. The lowest BCUT2D eigenvalue weighted by Crippen LogP contribution is -2.27. The van der Waals surface area contributed by atoms with Crippen molar-refractivity contribution in [1.82, 2.24) is 9.78 Å². The molecule has 6 nitrogen and oxygen atoms in total. The molecule has 1 aromatic heterocycles. The number of carbonyl (C=O) groups excluding carboxylic acids is 2. The number of nitrogens with one attached hydrogen (secondary N) is 2. The Bertz CT molecular complexity index is 849. The summed E-state index contributed by atoms with van der Waals surface area (Å²) in [7, 11) is 1.87. The van der Waals surface area contributed by atoms with Crippen LogP contribution < -0.4 is 10.6 Å². The van der Waals surface area contributed by atoms with Crippen LogP contribution in [0.15, 0.2) is 18.2 Å². The summed E-state index contributed by atoms with van der Waals surface area (Å²) in [5, 5.41) is 10.1. The van der Waals surface area contributed by atoms with Crippen molar-refractivity contribution in [2.45, 2.75) is 39.5 Å². The number of hydrogen-bond acceptors (Lipinski definition) is 3. The Morgan fingerprint density at radius 1 is 1.33 bits per heavy atom. The first kappa shape index (κ1) is 16.2. The highest BCUT2D eigenvalue weighted by atomic mass is 16.2. The molecule has 1 aromatic carbocycles. The van der Waals surface area contributed by atoms with Gasteiger partial charge >= 0.3 is 0 Å². The first-order chi connectivity index (χ1) is 11.2. The second-order valence-electron chi connectivity index (χ2n) is 6.84. The number of carbonyl (C=O) groups is 2. The van der Waals surface area contributed by atoms with E-state index in [0.29, 0.717) is 5.69 Å². The van der Waals surface area contributed by atoms with Crippen molar-refractivity contribution in [2.24, 2.45) is 7.05 Å². The molecular weight excluding hydrogens is 304 g/mol. The van der Waals surface area contributed by atoms with E-state index in [1.54, 1.807) is 10.7 Å². The van der Waals surface area contributed by atoms with Crippen LogP contribution in [0.1, 0.15) is 36.4 Å². The Kier molecular flexibility index (Phi) is 3.70. The van der Waals surface area contributed by atoms with Crippen LogP contribution in [0.2, 0.25) is 0 Å². The third kappa shape index (κ3) is 2.58. The van der Waals surface area contributed by atoms with Gasteiger partial charge in [0.15, 0.2) is 0 Å². The monoisotopic (exact) mass is 326 g/mol. The van der Waals surface area contributed by atoms with Crippen molar-refractivity contribution >= 4 is 23.2 Å². The Morgan fingerprint density at radius 3 is 2.67 bits per heavy atom. The molecule has 1 aliphatic heterocycles. The zero-order chi connectivity index (χ0) is 17.6. The molecule has 0 saturated carbocycles. The standard InChI is InChI=1S/C18H22N4O2/c1-10-13(11(2)22(5)21-10)9-16(23)19-12-6-7-15-14(8-12)18(3,4)17(24)20-15/h6-8H,9H2,1-5H3,(H,19,23)(H,20,24). The average molecular weight is 326 g/mol. The molecule has 6 heteroatoms. The van der Waals surface area contributed by atoms with E-state index >= 15 is 0 Å². The lowest BCUT2D eigenvalue weighted by Gasteiger charge is -2.16. The number of benzene rings is 1. The highest BCUT2D eigenvalue weighted by molar-refractivity contribution is 6.06. The van der Waals surface area contributed by atoms with Crippen LogP contribution in [0.25, 0.3) is 0 Å². The van der Waals surface area contributed by atoms with E-state index in [1.165, 1.54) is 0 Å². The molecule has 24 heavy (non-hydrogen) atoms. The largest absolute Gasteiger partial charge is 0.326 e. The zero-order valence-corrected chi connectivity index (χ0v) is 14.7. The molecule has 2 amide bonds. The second kappa shape index (κ2) is 5.47. The van der Waals surface area contributed by atoms with E-state index in [1.807, 2.05) is 46.9 Å². The van der Waals surface area contributed by atoms with Crippen LogP contribution in [0.4, 0.5) is 11.4 Å². The summed E-state index contributed by atoms with van der Waals surface area (Å²) in [6.45, 7) is 7.62. The predicted molar refractivity (Wildman–Crippen MR) is 93.1 cm³/mol. The van der Waals surface area contributed by atoms with Gasteiger partial charge in [-0.15, -0.1) is 0 Å². The molecule has 3 rings (SSSR count). The smallest absolute Gasteiger partial charge is 0.234 e. The zero-order valence-electron chi connectivity index (χ0n) is 14.7. The van der Waals surface area contributed by atoms with Crippen molar-refractivity contribution in [3.63, 3.8) is 0 Å². The minimum absolute atomic E-state index is 0.0254. The average Bonchev–Trinajstić information content (AvgIpc) is 2.87. The van der Waals surface area contributed by atoms with E-state index in [-0.39, 0.29) is 18.2 Å². The van der Waals surface area contributed by atoms with Gasteiger partial charge in [-0.2, -0.15) is 5.10 Å². The van der Waals surface area contributed by atoms with Gasteiger partial charge in [-0.25, -0.2) is 0 Å². The van der Waals surface area contributed by atoms with Gasteiger partial charge in [0.25, 0.3) is 0 Å². The molecule has 0 fully saturated rings. The summed E-state index contributed by atoms with van der Waals surface area (Å²) in [4.78, 5) is 24.4. The Balaban J connectivity index is 1.79. The number of rotatable bonds is 3. The molecule has 0 radical (unpaired) electrons. The summed E-state index contributed by atoms with van der Waals surface area (Å²) < 4.78 is 1.78. The maximum atomic E-state index is 12.4. The second-order valence-corrected chi connectivity index (χ2v) is 6.84. The van der Waals surface area contributed by atoms with E-state index in [2.05, 4.69) is 15.7 Å². The fourth-order valence-corrected chi connectivity index (χ4v) is 3.09. The third-order valence-corrected chi connectivity index (χ3v) is 4.79. The summed E-state index contributed by atoms with van der Waals surface area (Å²) in [5.74, 6) is -0.119. The maximum Gasteiger partial charge on any atom is 0.234 e. The van der Waals surface area contributed by atoms with E-state index in [9.17, 15) is 9.59 Å². The molecule has 0 spiro atoms. The number of hydrogen-bond donors (Lipinski definition) is 2.